The second kappa shape index (κ2) is 4.05. The van der Waals surface area contributed by atoms with Crippen molar-refractivity contribution in [1.82, 2.24) is 5.32 Å². The molecule has 0 fully saturated rings. The molecule has 0 aromatic rings. The van der Waals surface area contributed by atoms with Crippen molar-refractivity contribution in [2.45, 2.75) is 19.9 Å². The molecule has 0 spiro atoms. The van der Waals surface area contributed by atoms with Crippen LogP contribution >= 0.6 is 0 Å². The molecule has 7 nitrogen and oxygen atoms in total. The molecule has 0 saturated heterocycles. The monoisotopic (exact) mass is 246 g/mol. The number of nitrogens with one attached hydrogen (secondary N) is 1. The lowest BCUT2D eigenvalue weighted by Crippen LogP contribution is -2.33. The summed E-state index contributed by atoms with van der Waals surface area (Å²) in [5.74, 6) is -2.45. The van der Waals surface area contributed by atoms with E-state index in [2.05, 4.69) is 9.71 Å². The second-order valence-electron chi connectivity index (χ2n) is 3.39. The number of hydrogen-bond acceptors (Lipinski definition) is 4. The molecular formula is C8H10N2O5S. The molecule has 1 aliphatic rings. The molecule has 8 heteroatoms. The molecule has 1 rings (SSSR count). The van der Waals surface area contributed by atoms with Crippen molar-refractivity contribution in [3.63, 3.8) is 0 Å². The van der Waals surface area contributed by atoms with Gasteiger partial charge in [-0.05, 0) is 13.8 Å². The molecule has 0 atom stereocenters. The molecular weight excluding hydrogens is 236 g/mol. The Morgan fingerprint density at radius 2 is 2.00 bits per heavy atom. The predicted molar refractivity (Wildman–Crippen MR) is 55.4 cm³/mol. The van der Waals surface area contributed by atoms with E-state index in [4.69, 9.17) is 5.11 Å². The summed E-state index contributed by atoms with van der Waals surface area (Å²) in [5.41, 5.74) is -0.613. The Kier molecular flexibility index (Phi) is 3.13. The lowest BCUT2D eigenvalue weighted by molar-refractivity contribution is -0.132. The third-order valence-corrected chi connectivity index (χ3v) is 2.98. The number of nitrogens with zero attached hydrogens (tertiary/aromatic N) is 1. The first-order valence-corrected chi connectivity index (χ1v) is 5.78. The van der Waals surface area contributed by atoms with Crippen LogP contribution in [0.5, 0.6) is 0 Å². The first kappa shape index (κ1) is 12.4. The SMILES string of the molecule is CC(C)NC(=O)C1=C(C(=O)O)C=NS1(=O)=O. The first-order chi connectivity index (χ1) is 7.25. The number of rotatable bonds is 3. The molecule has 88 valence electrons. The average molecular weight is 246 g/mol. The van der Waals surface area contributed by atoms with Crippen LogP contribution in [0.2, 0.25) is 0 Å². The van der Waals surface area contributed by atoms with Crippen molar-refractivity contribution in [2.75, 3.05) is 0 Å². The number of hydrogen-bond donors (Lipinski definition) is 2. The Labute approximate surface area is 91.9 Å². The number of aliphatic carboxylic acids is 1. The maximum atomic E-state index is 11.5. The highest BCUT2D eigenvalue weighted by molar-refractivity contribution is 7.95. The summed E-state index contributed by atoms with van der Waals surface area (Å²) in [5, 5.41) is 11.0. The molecule has 2 N–H and O–H groups in total. The number of carbonyl (C=O) groups is 2. The van der Waals surface area contributed by atoms with Crippen LogP contribution in [0.4, 0.5) is 0 Å². The highest BCUT2D eigenvalue weighted by atomic mass is 32.2. The van der Waals surface area contributed by atoms with E-state index < -0.39 is 32.4 Å². The zero-order chi connectivity index (χ0) is 12.5. The zero-order valence-corrected chi connectivity index (χ0v) is 9.41. The fourth-order valence-electron chi connectivity index (χ4n) is 1.09. The molecule has 0 unspecified atom stereocenters. The molecule has 0 aromatic carbocycles. The summed E-state index contributed by atoms with van der Waals surface area (Å²) in [6, 6.07) is -0.300. The van der Waals surface area contributed by atoms with Crippen LogP contribution in [0, 0.1) is 0 Å². The van der Waals surface area contributed by atoms with Gasteiger partial charge in [-0.15, -0.1) is 0 Å². The van der Waals surface area contributed by atoms with Crippen molar-refractivity contribution in [2.24, 2.45) is 4.40 Å². The summed E-state index contributed by atoms with van der Waals surface area (Å²) in [6.45, 7) is 3.25. The van der Waals surface area contributed by atoms with Gasteiger partial charge in [-0.25, -0.2) is 4.79 Å². The van der Waals surface area contributed by atoms with Gasteiger partial charge in [0.05, 0.1) is 6.21 Å². The van der Waals surface area contributed by atoms with Gasteiger partial charge in [-0.3, -0.25) is 4.79 Å². The molecule has 0 saturated carbocycles. The molecule has 16 heavy (non-hydrogen) atoms. The summed E-state index contributed by atoms with van der Waals surface area (Å²) < 4.78 is 25.7. The molecule has 0 aliphatic carbocycles. The van der Waals surface area contributed by atoms with E-state index in [0.29, 0.717) is 6.21 Å². The van der Waals surface area contributed by atoms with Crippen LogP contribution in [0.1, 0.15) is 13.8 Å². The molecule has 0 bridgehead atoms. The third kappa shape index (κ3) is 2.27. The normalized spacial score (nSPS) is 17.9. The molecule has 1 amide bonds. The summed E-state index contributed by atoms with van der Waals surface area (Å²) >= 11 is 0. The highest BCUT2D eigenvalue weighted by Crippen LogP contribution is 2.20. The number of amides is 1. The van der Waals surface area contributed by atoms with Crippen LogP contribution in [0.3, 0.4) is 0 Å². The molecule has 1 heterocycles. The highest BCUT2D eigenvalue weighted by Gasteiger charge is 2.35. The number of carbonyl (C=O) groups excluding carboxylic acids is 1. The van der Waals surface area contributed by atoms with Crippen molar-refractivity contribution < 1.29 is 23.1 Å². The van der Waals surface area contributed by atoms with Crippen LogP contribution < -0.4 is 5.32 Å². The molecule has 0 aromatic heterocycles. The standard InChI is InChI=1S/C8H10N2O5S/c1-4(2)10-7(11)6-5(8(12)13)3-9-16(6,14)15/h3-4H,1-2H3,(H,10,11)(H,12,13). The van der Waals surface area contributed by atoms with Crippen LogP contribution in [0.15, 0.2) is 14.9 Å². The number of carboxylic acids is 1. The van der Waals surface area contributed by atoms with Crippen molar-refractivity contribution in [3.8, 4) is 0 Å². The lowest BCUT2D eigenvalue weighted by atomic mass is 10.2. The van der Waals surface area contributed by atoms with Crippen LogP contribution in [-0.4, -0.2) is 37.7 Å². The van der Waals surface area contributed by atoms with E-state index in [9.17, 15) is 18.0 Å². The zero-order valence-electron chi connectivity index (χ0n) is 8.59. The van der Waals surface area contributed by atoms with Crippen LogP contribution in [0.25, 0.3) is 0 Å². The Hall–Kier alpha value is -1.70. The fourth-order valence-corrected chi connectivity index (χ4v) is 2.15. The topological polar surface area (TPSA) is 113 Å². The minimum Gasteiger partial charge on any atom is -0.478 e. The van der Waals surface area contributed by atoms with Gasteiger partial charge in [-0.1, -0.05) is 0 Å². The Morgan fingerprint density at radius 1 is 1.44 bits per heavy atom. The summed E-state index contributed by atoms with van der Waals surface area (Å²) in [7, 11) is -4.17. The Morgan fingerprint density at radius 3 is 2.44 bits per heavy atom. The fraction of sp³-hybridized carbons (Fsp3) is 0.375. The van der Waals surface area contributed by atoms with E-state index in [-0.39, 0.29) is 6.04 Å². The van der Waals surface area contributed by atoms with E-state index >= 15 is 0 Å². The van der Waals surface area contributed by atoms with Crippen molar-refractivity contribution in [1.29, 1.82) is 0 Å². The van der Waals surface area contributed by atoms with E-state index in [1.165, 1.54) is 0 Å². The molecule has 0 radical (unpaired) electrons. The summed E-state index contributed by atoms with van der Waals surface area (Å²) in [4.78, 5) is 21.4. The minimum absolute atomic E-state index is 0.300. The van der Waals surface area contributed by atoms with Gasteiger partial charge in [0, 0.05) is 6.04 Å². The van der Waals surface area contributed by atoms with Gasteiger partial charge >= 0.3 is 5.97 Å². The van der Waals surface area contributed by atoms with Gasteiger partial charge in [0.1, 0.15) is 5.57 Å². The third-order valence-electron chi connectivity index (χ3n) is 1.68. The van der Waals surface area contributed by atoms with Crippen molar-refractivity contribution >= 4 is 28.1 Å². The molecule has 1 aliphatic heterocycles. The van der Waals surface area contributed by atoms with Crippen LogP contribution in [-0.2, 0) is 19.6 Å². The second-order valence-corrected chi connectivity index (χ2v) is 4.95. The van der Waals surface area contributed by atoms with Gasteiger partial charge < -0.3 is 10.4 Å². The van der Waals surface area contributed by atoms with E-state index in [1.807, 2.05) is 0 Å². The largest absolute Gasteiger partial charge is 0.478 e. The summed E-state index contributed by atoms with van der Waals surface area (Å²) in [6.07, 6.45) is 0.660. The lowest BCUT2D eigenvalue weighted by Gasteiger charge is -2.08. The van der Waals surface area contributed by atoms with Gasteiger partial charge in [0.15, 0.2) is 4.91 Å². The van der Waals surface area contributed by atoms with E-state index in [1.54, 1.807) is 13.8 Å². The van der Waals surface area contributed by atoms with Gasteiger partial charge in [0.2, 0.25) is 0 Å². The quantitative estimate of drug-likeness (QED) is 0.681. The minimum atomic E-state index is -4.17. The predicted octanol–water partition coefficient (Wildman–Crippen LogP) is -0.736. The Balaban J connectivity index is 3.22. The maximum absolute atomic E-state index is 11.5. The maximum Gasteiger partial charge on any atom is 0.338 e. The number of sulfonamides is 1. The number of carboxylic acid groups (broad SMARTS) is 1. The van der Waals surface area contributed by atoms with Gasteiger partial charge in [0.25, 0.3) is 15.9 Å². The first-order valence-electron chi connectivity index (χ1n) is 4.34. The van der Waals surface area contributed by atoms with E-state index in [0.717, 1.165) is 0 Å². The smallest absolute Gasteiger partial charge is 0.338 e. The average Bonchev–Trinajstić information content (AvgIpc) is 2.39. The Bertz CT molecular complexity index is 501. The van der Waals surface area contributed by atoms with Gasteiger partial charge in [-0.2, -0.15) is 12.8 Å². The van der Waals surface area contributed by atoms with Crippen molar-refractivity contribution in [3.05, 3.63) is 10.5 Å².